The molecule has 0 saturated carbocycles. The Morgan fingerprint density at radius 3 is 2.58 bits per heavy atom. The Labute approximate surface area is 186 Å². The summed E-state index contributed by atoms with van der Waals surface area (Å²) in [5.74, 6) is 1.21. The molecule has 2 heterocycles. The molecule has 0 aliphatic carbocycles. The molecule has 0 radical (unpaired) electrons. The third-order valence-corrected chi connectivity index (χ3v) is 5.53. The van der Waals surface area contributed by atoms with Crippen LogP contribution in [-0.4, -0.2) is 27.6 Å². The summed E-state index contributed by atoms with van der Waals surface area (Å²) in [7, 11) is 0. The molecule has 1 unspecified atom stereocenters. The third kappa shape index (κ3) is 4.35. The van der Waals surface area contributed by atoms with E-state index in [0.29, 0.717) is 29.2 Å². The number of rotatable bonds is 5. The molecule has 1 N–H and O–H groups in total. The number of allylic oxidation sites excluding steroid dienone is 1. The van der Waals surface area contributed by atoms with Crippen molar-refractivity contribution in [1.29, 1.82) is 0 Å². The molecule has 31 heavy (non-hydrogen) atoms. The van der Waals surface area contributed by atoms with Gasteiger partial charge in [-0.2, -0.15) is 4.98 Å². The summed E-state index contributed by atoms with van der Waals surface area (Å²) < 4.78 is 5.71. The number of carbonyl (C=O) groups is 1. The van der Waals surface area contributed by atoms with Crippen molar-refractivity contribution in [3.05, 3.63) is 76.3 Å². The van der Waals surface area contributed by atoms with Crippen LogP contribution in [0.5, 0.6) is 0 Å². The number of nitrogens with zero attached hydrogens (tertiary/aromatic N) is 3. The number of carbonyl (C=O) groups excluding carboxylic acids is 1. The zero-order valence-corrected chi connectivity index (χ0v) is 18.8. The van der Waals surface area contributed by atoms with Crippen LogP contribution in [0.4, 0.5) is 4.79 Å². The van der Waals surface area contributed by atoms with E-state index >= 15 is 0 Å². The van der Waals surface area contributed by atoms with Crippen LogP contribution in [0, 0.1) is 12.8 Å². The van der Waals surface area contributed by atoms with Gasteiger partial charge in [0.25, 0.3) is 5.89 Å². The minimum Gasteiger partial charge on any atom is -0.334 e. The van der Waals surface area contributed by atoms with Crippen molar-refractivity contribution < 1.29 is 9.32 Å². The van der Waals surface area contributed by atoms with Gasteiger partial charge in [0, 0.05) is 22.8 Å². The van der Waals surface area contributed by atoms with E-state index in [-0.39, 0.29) is 6.03 Å². The van der Waals surface area contributed by atoms with E-state index in [9.17, 15) is 4.79 Å². The quantitative estimate of drug-likeness (QED) is 0.544. The normalized spacial score (nSPS) is 16.8. The van der Waals surface area contributed by atoms with Crippen LogP contribution in [0.15, 0.2) is 58.8 Å². The van der Waals surface area contributed by atoms with Gasteiger partial charge in [-0.15, -0.1) is 0 Å². The maximum atomic E-state index is 12.9. The number of amides is 2. The number of urea groups is 1. The monoisotopic (exact) mass is 436 g/mol. The second-order valence-corrected chi connectivity index (χ2v) is 8.67. The van der Waals surface area contributed by atoms with E-state index in [1.165, 1.54) is 0 Å². The Kier molecular flexibility index (Phi) is 5.83. The summed E-state index contributed by atoms with van der Waals surface area (Å²) in [6.07, 6.45) is 0. The third-order valence-electron chi connectivity index (χ3n) is 5.28. The number of halogens is 1. The van der Waals surface area contributed by atoms with E-state index in [4.69, 9.17) is 16.1 Å². The van der Waals surface area contributed by atoms with Crippen molar-refractivity contribution in [3.63, 3.8) is 0 Å². The fourth-order valence-electron chi connectivity index (χ4n) is 3.78. The zero-order valence-electron chi connectivity index (χ0n) is 18.0. The first-order chi connectivity index (χ1) is 14.8. The SMILES string of the molecule is CC1=C(c2nc(-c3cccc(C)c3)no2)C(c2ccc(Cl)cc2)NC(=O)N1CC(C)C. The first-order valence-corrected chi connectivity index (χ1v) is 10.7. The Hall–Kier alpha value is -3.12. The number of benzene rings is 2. The molecule has 0 fully saturated rings. The van der Waals surface area contributed by atoms with Crippen molar-refractivity contribution >= 4 is 23.2 Å². The average Bonchev–Trinajstić information content (AvgIpc) is 3.21. The molecule has 6 nitrogen and oxygen atoms in total. The highest BCUT2D eigenvalue weighted by Crippen LogP contribution is 2.37. The van der Waals surface area contributed by atoms with Crippen LogP contribution in [0.1, 0.15) is 43.8 Å². The van der Waals surface area contributed by atoms with Gasteiger partial charge in [-0.05, 0) is 43.5 Å². The van der Waals surface area contributed by atoms with Gasteiger partial charge < -0.3 is 9.84 Å². The summed E-state index contributed by atoms with van der Waals surface area (Å²) >= 11 is 6.08. The molecule has 1 atom stereocenters. The van der Waals surface area contributed by atoms with Crippen LogP contribution >= 0.6 is 11.6 Å². The fraction of sp³-hybridized carbons (Fsp3) is 0.292. The van der Waals surface area contributed by atoms with Gasteiger partial charge in [0.1, 0.15) is 0 Å². The van der Waals surface area contributed by atoms with Crippen LogP contribution in [0.3, 0.4) is 0 Å². The largest absolute Gasteiger partial charge is 0.334 e. The van der Waals surface area contributed by atoms with Crippen molar-refractivity contribution in [1.82, 2.24) is 20.4 Å². The fourth-order valence-corrected chi connectivity index (χ4v) is 3.91. The van der Waals surface area contributed by atoms with E-state index in [1.54, 1.807) is 4.90 Å². The van der Waals surface area contributed by atoms with Crippen LogP contribution < -0.4 is 5.32 Å². The number of aryl methyl sites for hydroxylation is 1. The number of hydrogen-bond acceptors (Lipinski definition) is 4. The summed E-state index contributed by atoms with van der Waals surface area (Å²) in [5, 5.41) is 7.95. The maximum absolute atomic E-state index is 12.9. The molecule has 3 aromatic rings. The Morgan fingerprint density at radius 1 is 1.16 bits per heavy atom. The predicted octanol–water partition coefficient (Wildman–Crippen LogP) is 5.85. The summed E-state index contributed by atoms with van der Waals surface area (Å²) in [6.45, 7) is 8.69. The average molecular weight is 437 g/mol. The topological polar surface area (TPSA) is 71.3 Å². The lowest BCUT2D eigenvalue weighted by atomic mass is 9.94. The van der Waals surface area contributed by atoms with Gasteiger partial charge >= 0.3 is 6.03 Å². The number of aromatic nitrogens is 2. The standard InChI is InChI=1S/C24H25ClN4O2/c1-14(2)13-29-16(4)20(21(26-24(29)30)17-8-10-19(25)11-9-17)23-27-22(28-31-23)18-7-5-6-15(3)12-18/h5-12,14,21H,13H2,1-4H3,(H,26,30). The molecule has 2 aromatic carbocycles. The molecule has 1 aliphatic rings. The summed E-state index contributed by atoms with van der Waals surface area (Å²) in [4.78, 5) is 19.3. The maximum Gasteiger partial charge on any atom is 0.322 e. The molecule has 7 heteroatoms. The van der Waals surface area contributed by atoms with E-state index < -0.39 is 6.04 Å². The lowest BCUT2D eigenvalue weighted by molar-refractivity contribution is 0.199. The molecule has 1 aliphatic heterocycles. The van der Waals surface area contributed by atoms with Crippen LogP contribution in [0.2, 0.25) is 5.02 Å². The van der Waals surface area contributed by atoms with E-state index in [0.717, 1.165) is 28.0 Å². The lowest BCUT2D eigenvalue weighted by Gasteiger charge is -2.36. The molecule has 0 spiro atoms. The Balaban J connectivity index is 1.82. The van der Waals surface area contributed by atoms with Gasteiger partial charge in [-0.1, -0.05) is 66.5 Å². The minimum absolute atomic E-state index is 0.145. The van der Waals surface area contributed by atoms with Gasteiger partial charge in [0.2, 0.25) is 5.82 Å². The molecule has 2 amide bonds. The van der Waals surface area contributed by atoms with Gasteiger partial charge in [-0.3, -0.25) is 4.90 Å². The highest BCUT2D eigenvalue weighted by Gasteiger charge is 2.35. The van der Waals surface area contributed by atoms with Crippen LogP contribution in [-0.2, 0) is 0 Å². The molecule has 0 bridgehead atoms. The van der Waals surface area contributed by atoms with Gasteiger partial charge in [-0.25, -0.2) is 4.79 Å². The molecule has 0 saturated heterocycles. The van der Waals surface area contributed by atoms with E-state index in [2.05, 4.69) is 29.3 Å². The highest BCUT2D eigenvalue weighted by molar-refractivity contribution is 6.30. The second kappa shape index (κ2) is 8.55. The zero-order chi connectivity index (χ0) is 22.1. The molecular formula is C24H25ClN4O2. The van der Waals surface area contributed by atoms with E-state index in [1.807, 2.05) is 62.4 Å². The molecule has 160 valence electrons. The van der Waals surface area contributed by atoms with Gasteiger partial charge in [0.15, 0.2) is 0 Å². The van der Waals surface area contributed by atoms with Crippen molar-refractivity contribution in [3.8, 4) is 11.4 Å². The van der Waals surface area contributed by atoms with Crippen LogP contribution in [0.25, 0.3) is 17.0 Å². The second-order valence-electron chi connectivity index (χ2n) is 8.23. The van der Waals surface area contributed by atoms with Crippen molar-refractivity contribution in [2.75, 3.05) is 6.54 Å². The summed E-state index contributed by atoms with van der Waals surface area (Å²) in [5.41, 5.74) is 4.49. The highest BCUT2D eigenvalue weighted by atomic mass is 35.5. The minimum atomic E-state index is -0.418. The Bertz CT molecular complexity index is 1130. The molecular weight excluding hydrogens is 412 g/mol. The van der Waals surface area contributed by atoms with Gasteiger partial charge in [0.05, 0.1) is 11.6 Å². The number of hydrogen-bond donors (Lipinski definition) is 1. The predicted molar refractivity (Wildman–Crippen MR) is 121 cm³/mol. The lowest BCUT2D eigenvalue weighted by Crippen LogP contribution is -2.47. The Morgan fingerprint density at radius 2 is 1.90 bits per heavy atom. The summed E-state index contributed by atoms with van der Waals surface area (Å²) in [6, 6.07) is 14.8. The van der Waals surface area contributed by atoms with Crippen molar-refractivity contribution in [2.45, 2.75) is 33.7 Å². The smallest absolute Gasteiger partial charge is 0.322 e. The first kappa shape index (κ1) is 21.1. The molecule has 1 aromatic heterocycles. The number of nitrogens with one attached hydrogen (secondary N) is 1. The first-order valence-electron chi connectivity index (χ1n) is 10.3. The molecule has 4 rings (SSSR count). The van der Waals surface area contributed by atoms with Crippen molar-refractivity contribution in [2.24, 2.45) is 5.92 Å².